The van der Waals surface area contributed by atoms with Crippen LogP contribution in [-0.4, -0.2) is 0 Å². The van der Waals surface area contributed by atoms with Crippen molar-refractivity contribution in [2.24, 2.45) is 0 Å². The van der Waals surface area contributed by atoms with Gasteiger partial charge in [-0.1, -0.05) is 110 Å². The Hall–Kier alpha value is -5.60. The number of hydrogen-bond donors (Lipinski definition) is 0. The summed E-state index contributed by atoms with van der Waals surface area (Å²) in [5, 5.41) is 4.85. The summed E-state index contributed by atoms with van der Waals surface area (Å²) in [6.45, 7) is 13.1. The Morgan fingerprint density at radius 2 is 0.750 bits per heavy atom. The Labute approximate surface area is 260 Å². The van der Waals surface area contributed by atoms with Crippen LogP contribution >= 0.6 is 0 Å². The molecule has 0 unspecified atom stereocenters. The van der Waals surface area contributed by atoms with Gasteiger partial charge >= 0.3 is 0 Å². The Bertz CT molecular complexity index is 1870. The fourth-order valence-electron chi connectivity index (χ4n) is 5.72. The van der Waals surface area contributed by atoms with Crippen LogP contribution in [0.4, 0.5) is 22.7 Å². The van der Waals surface area contributed by atoms with E-state index in [9.17, 15) is 0 Å². The van der Waals surface area contributed by atoms with E-state index in [0.29, 0.717) is 0 Å². The third-order valence-corrected chi connectivity index (χ3v) is 7.90. The normalized spacial score (nSPS) is 11.9. The molecular weight excluding hydrogens is 532 g/mol. The molecule has 0 aromatic heterocycles. The van der Waals surface area contributed by atoms with Gasteiger partial charge in [0.25, 0.3) is 0 Å². The largest absolute Gasteiger partial charge is 0.314 e. The lowest BCUT2D eigenvalue weighted by molar-refractivity contribution is 1.14. The highest BCUT2D eigenvalue weighted by Crippen LogP contribution is 2.35. The van der Waals surface area contributed by atoms with Gasteiger partial charge in [-0.05, 0) is 107 Å². The van der Waals surface area contributed by atoms with E-state index in [2.05, 4.69) is 182 Å². The zero-order valence-electron chi connectivity index (χ0n) is 25.3. The molecule has 6 aromatic carbocycles. The second-order valence-electron chi connectivity index (χ2n) is 11.0. The van der Waals surface area contributed by atoms with E-state index in [1.165, 1.54) is 21.5 Å². The molecule has 0 aliphatic rings. The van der Waals surface area contributed by atoms with Crippen molar-refractivity contribution in [2.75, 3.05) is 9.80 Å². The zero-order valence-corrected chi connectivity index (χ0v) is 25.3. The second-order valence-corrected chi connectivity index (χ2v) is 11.0. The van der Waals surface area contributed by atoms with E-state index >= 15 is 0 Å². The predicted molar refractivity (Wildman–Crippen MR) is 191 cm³/mol. The van der Waals surface area contributed by atoms with Gasteiger partial charge in [-0.3, -0.25) is 0 Å². The molecule has 0 fully saturated rings. The Balaban J connectivity index is 1.33. The lowest BCUT2D eigenvalue weighted by Gasteiger charge is -2.27. The van der Waals surface area contributed by atoms with Crippen molar-refractivity contribution in [2.45, 2.75) is 13.8 Å². The number of rotatable bonds is 9. The molecule has 0 radical (unpaired) electrons. The van der Waals surface area contributed by atoms with Gasteiger partial charge in [0.2, 0.25) is 0 Å². The molecule has 0 spiro atoms. The van der Waals surface area contributed by atoms with Gasteiger partial charge in [0.05, 0.1) is 0 Å². The van der Waals surface area contributed by atoms with Gasteiger partial charge < -0.3 is 9.80 Å². The lowest BCUT2D eigenvalue weighted by atomic mass is 10.0. The van der Waals surface area contributed by atoms with Gasteiger partial charge in [0, 0.05) is 34.1 Å². The Morgan fingerprint density at radius 1 is 0.409 bits per heavy atom. The van der Waals surface area contributed by atoms with Gasteiger partial charge in [-0.25, -0.2) is 0 Å². The van der Waals surface area contributed by atoms with Crippen molar-refractivity contribution in [3.05, 3.63) is 193 Å². The first-order chi connectivity index (χ1) is 21.5. The topological polar surface area (TPSA) is 6.48 Å². The maximum absolute atomic E-state index is 4.45. The van der Waals surface area contributed by atoms with Crippen LogP contribution in [0.15, 0.2) is 193 Å². The van der Waals surface area contributed by atoms with Crippen molar-refractivity contribution < 1.29 is 0 Å². The van der Waals surface area contributed by atoms with E-state index < -0.39 is 0 Å². The van der Waals surface area contributed by atoms with Gasteiger partial charge in [-0.2, -0.15) is 0 Å². The average molecular weight is 569 g/mol. The zero-order chi connectivity index (χ0) is 30.5. The van der Waals surface area contributed by atoms with Crippen molar-refractivity contribution >= 4 is 44.3 Å². The number of hydrogen-bond acceptors (Lipinski definition) is 2. The van der Waals surface area contributed by atoms with E-state index in [1.54, 1.807) is 0 Å². The number of allylic oxidation sites excluding steroid dienone is 6. The van der Waals surface area contributed by atoms with Crippen LogP contribution in [-0.2, 0) is 0 Å². The first-order valence-corrected chi connectivity index (χ1v) is 14.9. The fourth-order valence-corrected chi connectivity index (χ4v) is 5.72. The maximum Gasteiger partial charge on any atom is 0.0464 e. The summed E-state index contributed by atoms with van der Waals surface area (Å²) < 4.78 is 0. The summed E-state index contributed by atoms with van der Waals surface area (Å²) in [4.78, 5) is 4.54. The molecular formula is C42H36N2. The van der Waals surface area contributed by atoms with Crippen LogP contribution in [0.25, 0.3) is 21.5 Å². The van der Waals surface area contributed by atoms with E-state index in [-0.39, 0.29) is 0 Å². The lowest BCUT2D eigenvalue weighted by Crippen LogP contribution is -2.15. The van der Waals surface area contributed by atoms with Crippen molar-refractivity contribution in [3.8, 4) is 0 Å². The fraction of sp³-hybridized carbons (Fsp3) is 0.0476. The van der Waals surface area contributed by atoms with Crippen molar-refractivity contribution in [1.82, 2.24) is 0 Å². The third kappa shape index (κ3) is 6.11. The molecule has 0 aliphatic carbocycles. The van der Waals surface area contributed by atoms with E-state index in [1.807, 2.05) is 12.1 Å². The molecule has 2 nitrogen and oxygen atoms in total. The molecule has 0 amide bonds. The molecule has 0 N–H and O–H groups in total. The average Bonchev–Trinajstić information content (AvgIpc) is 3.06. The minimum Gasteiger partial charge on any atom is -0.314 e. The molecule has 0 aliphatic heterocycles. The Kier molecular flexibility index (Phi) is 8.25. The molecule has 0 saturated carbocycles. The number of anilines is 4. The van der Waals surface area contributed by atoms with Crippen molar-refractivity contribution in [3.63, 3.8) is 0 Å². The van der Waals surface area contributed by atoms with Gasteiger partial charge in [0.15, 0.2) is 0 Å². The number of fused-ring (bicyclic) bond motifs is 2. The van der Waals surface area contributed by atoms with Crippen LogP contribution in [0.5, 0.6) is 0 Å². The summed E-state index contributed by atoms with van der Waals surface area (Å²) in [5.41, 5.74) is 8.20. The molecule has 2 heteroatoms. The van der Waals surface area contributed by atoms with Crippen LogP contribution < -0.4 is 9.80 Å². The van der Waals surface area contributed by atoms with Gasteiger partial charge in [-0.15, -0.1) is 0 Å². The predicted octanol–water partition coefficient (Wildman–Crippen LogP) is 11.9. The maximum atomic E-state index is 4.45. The van der Waals surface area contributed by atoms with Crippen LogP contribution in [0, 0.1) is 0 Å². The summed E-state index contributed by atoms with van der Waals surface area (Å²) in [6, 6.07) is 51.0. The Morgan fingerprint density at radius 3 is 1.14 bits per heavy atom. The van der Waals surface area contributed by atoms with E-state index in [0.717, 1.165) is 45.3 Å². The number of nitrogens with zero attached hydrogens (tertiary/aromatic N) is 2. The summed E-state index contributed by atoms with van der Waals surface area (Å²) >= 11 is 0. The molecule has 6 rings (SSSR count). The monoisotopic (exact) mass is 568 g/mol. The first-order valence-electron chi connectivity index (χ1n) is 14.9. The summed E-state index contributed by atoms with van der Waals surface area (Å²) in [6.07, 6.45) is 4.24. The van der Waals surface area contributed by atoms with Crippen LogP contribution in [0.2, 0.25) is 0 Å². The highest BCUT2D eigenvalue weighted by molar-refractivity contribution is 5.89. The molecule has 0 saturated heterocycles. The van der Waals surface area contributed by atoms with Crippen molar-refractivity contribution in [1.29, 1.82) is 0 Å². The van der Waals surface area contributed by atoms with Crippen LogP contribution in [0.1, 0.15) is 13.8 Å². The van der Waals surface area contributed by atoms with E-state index in [4.69, 9.17) is 0 Å². The first kappa shape index (κ1) is 28.5. The minimum absolute atomic E-state index is 0.857. The quantitative estimate of drug-likeness (QED) is 0.160. The molecule has 0 bridgehead atoms. The molecule has 6 aromatic rings. The highest BCUT2D eigenvalue weighted by Gasteiger charge is 2.15. The molecule has 44 heavy (non-hydrogen) atoms. The smallest absolute Gasteiger partial charge is 0.0464 e. The number of para-hydroxylation sites is 2. The number of benzene rings is 6. The minimum atomic E-state index is 0.857. The SMILES string of the molecule is C=C(/C=C(\C)N(c1ccccc1)c1ccc2ccccc2c1)C(=C)/C=C(\C)N(c1ccccc1)c1ccc2ccccc2c1. The molecule has 214 valence electrons. The van der Waals surface area contributed by atoms with Gasteiger partial charge in [0.1, 0.15) is 0 Å². The molecule has 0 heterocycles. The second kappa shape index (κ2) is 12.7. The third-order valence-electron chi connectivity index (χ3n) is 7.90. The summed E-state index contributed by atoms with van der Waals surface area (Å²) in [5.74, 6) is 0. The standard InChI is InChI=1S/C42H36N2/c1-31(27-33(3)43(39-19-7-5-8-20-39)41-25-23-35-15-11-13-17-37(35)29-41)32(2)28-34(4)44(40-21-9-6-10-22-40)42-26-24-36-16-12-14-18-38(36)30-42/h5-30H,1-2H2,3-4H3/b33-27+,34-28+. The molecule has 0 atom stereocenters. The highest BCUT2D eigenvalue weighted by atomic mass is 15.1. The summed E-state index contributed by atoms with van der Waals surface area (Å²) in [7, 11) is 0. The van der Waals surface area contributed by atoms with Crippen LogP contribution in [0.3, 0.4) is 0 Å².